The van der Waals surface area contributed by atoms with E-state index in [1.54, 1.807) is 0 Å². The van der Waals surface area contributed by atoms with E-state index >= 15 is 0 Å². The molecule has 1 aliphatic heterocycles. The van der Waals surface area contributed by atoms with Crippen LogP contribution in [-0.2, 0) is 5.41 Å². The van der Waals surface area contributed by atoms with Crippen LogP contribution in [-0.4, -0.2) is 0 Å². The summed E-state index contributed by atoms with van der Waals surface area (Å²) in [5, 5.41) is 2.28. The van der Waals surface area contributed by atoms with Gasteiger partial charge < -0.3 is 9.32 Å². The van der Waals surface area contributed by atoms with Crippen molar-refractivity contribution in [2.75, 3.05) is 4.90 Å². The highest BCUT2D eigenvalue weighted by molar-refractivity contribution is 6.07. The minimum atomic E-state index is -0.181. The predicted octanol–water partition coefficient (Wildman–Crippen LogP) is 12.7. The molecule has 2 nitrogen and oxygen atoms in total. The van der Waals surface area contributed by atoms with Gasteiger partial charge in [0.2, 0.25) is 0 Å². The lowest BCUT2D eigenvalue weighted by Crippen LogP contribution is -2.30. The average molecular weight is 604 g/mol. The molecule has 0 bridgehead atoms. The van der Waals surface area contributed by atoms with Crippen LogP contribution < -0.4 is 4.90 Å². The van der Waals surface area contributed by atoms with Gasteiger partial charge in [0.15, 0.2) is 0 Å². The van der Waals surface area contributed by atoms with Gasteiger partial charge in [-0.1, -0.05) is 123 Å². The van der Waals surface area contributed by atoms with Gasteiger partial charge in [0.25, 0.3) is 0 Å². The van der Waals surface area contributed by atoms with Gasteiger partial charge in [0, 0.05) is 21.9 Å². The summed E-state index contributed by atoms with van der Waals surface area (Å²) in [5.41, 5.74) is 15.1. The van der Waals surface area contributed by atoms with E-state index in [0.29, 0.717) is 0 Å². The number of furan rings is 1. The van der Waals surface area contributed by atoms with Gasteiger partial charge in [-0.2, -0.15) is 0 Å². The number of rotatable bonds is 4. The second-order valence-electron chi connectivity index (χ2n) is 13.0. The lowest BCUT2D eigenvalue weighted by molar-refractivity contribution is 0.632. The molecule has 0 fully saturated rings. The number of hydrogen-bond acceptors (Lipinski definition) is 2. The third-order valence-corrected chi connectivity index (χ3v) is 9.87. The summed E-state index contributed by atoms with van der Waals surface area (Å²) in [5.74, 6) is 0. The van der Waals surface area contributed by atoms with E-state index < -0.39 is 0 Å². The third-order valence-electron chi connectivity index (χ3n) is 9.87. The molecule has 0 saturated heterocycles. The van der Waals surface area contributed by atoms with Gasteiger partial charge in [-0.3, -0.25) is 0 Å². The lowest BCUT2D eigenvalue weighted by atomic mass is 9.73. The van der Waals surface area contributed by atoms with Crippen LogP contribution in [0.25, 0.3) is 55.3 Å². The van der Waals surface area contributed by atoms with Crippen molar-refractivity contribution in [3.05, 3.63) is 175 Å². The van der Waals surface area contributed by atoms with Crippen molar-refractivity contribution in [1.29, 1.82) is 0 Å². The van der Waals surface area contributed by atoms with Gasteiger partial charge >= 0.3 is 0 Å². The zero-order valence-electron chi connectivity index (χ0n) is 26.4. The van der Waals surface area contributed by atoms with Gasteiger partial charge in [-0.15, -0.1) is 0 Å². The second-order valence-corrected chi connectivity index (χ2v) is 13.0. The van der Waals surface area contributed by atoms with E-state index in [0.717, 1.165) is 27.6 Å². The molecule has 47 heavy (non-hydrogen) atoms. The van der Waals surface area contributed by atoms with E-state index in [2.05, 4.69) is 183 Å². The first-order valence-electron chi connectivity index (χ1n) is 16.3. The van der Waals surface area contributed by atoms with E-state index in [4.69, 9.17) is 4.42 Å². The van der Waals surface area contributed by atoms with Crippen molar-refractivity contribution in [3.8, 4) is 33.4 Å². The summed E-state index contributed by atoms with van der Waals surface area (Å²) in [7, 11) is 0. The number of fused-ring (bicyclic) bond motifs is 5. The predicted molar refractivity (Wildman–Crippen MR) is 197 cm³/mol. The zero-order valence-corrected chi connectivity index (χ0v) is 26.4. The number of nitrogens with zero attached hydrogens (tertiary/aromatic N) is 1. The Kier molecular flexibility index (Phi) is 6.20. The van der Waals surface area contributed by atoms with Crippen LogP contribution in [0.4, 0.5) is 17.1 Å². The maximum absolute atomic E-state index is 6.29. The average Bonchev–Trinajstić information content (AvgIpc) is 3.50. The summed E-state index contributed by atoms with van der Waals surface area (Å²) in [6.07, 6.45) is 0. The largest absolute Gasteiger partial charge is 0.456 e. The van der Waals surface area contributed by atoms with Gasteiger partial charge in [0.05, 0.1) is 11.4 Å². The number of para-hydroxylation sites is 1. The molecule has 1 aromatic heterocycles. The molecule has 0 unspecified atom stereocenters. The van der Waals surface area contributed by atoms with Crippen LogP contribution in [0.1, 0.15) is 25.0 Å². The lowest BCUT2D eigenvalue weighted by Gasteiger charge is -2.42. The minimum Gasteiger partial charge on any atom is -0.456 e. The van der Waals surface area contributed by atoms with Crippen molar-refractivity contribution < 1.29 is 4.42 Å². The fourth-order valence-corrected chi connectivity index (χ4v) is 7.36. The number of anilines is 3. The van der Waals surface area contributed by atoms with E-state index in [1.807, 2.05) is 0 Å². The Morgan fingerprint density at radius 2 is 0.872 bits per heavy atom. The van der Waals surface area contributed by atoms with Crippen LogP contribution in [0, 0.1) is 0 Å². The maximum atomic E-state index is 6.29. The van der Waals surface area contributed by atoms with Crippen LogP contribution >= 0.6 is 0 Å². The Hall–Kier alpha value is -5.86. The van der Waals surface area contributed by atoms with Crippen molar-refractivity contribution in [2.24, 2.45) is 0 Å². The molecular weight excluding hydrogens is 571 g/mol. The first kappa shape index (κ1) is 27.5. The number of benzene rings is 7. The molecule has 8 aromatic rings. The molecule has 0 amide bonds. The highest BCUT2D eigenvalue weighted by atomic mass is 16.3. The molecule has 2 heteroatoms. The van der Waals surface area contributed by atoms with Crippen LogP contribution in [0.3, 0.4) is 0 Å². The molecule has 2 heterocycles. The highest BCUT2D eigenvalue weighted by Gasteiger charge is 2.37. The zero-order chi connectivity index (χ0) is 31.5. The first-order valence-corrected chi connectivity index (χ1v) is 16.3. The Bertz CT molecular complexity index is 2420. The minimum absolute atomic E-state index is 0.181. The fraction of sp³-hybridized carbons (Fsp3) is 0.0667. The molecule has 7 aromatic carbocycles. The number of hydrogen-bond donors (Lipinski definition) is 0. The van der Waals surface area contributed by atoms with Gasteiger partial charge in [0.1, 0.15) is 11.2 Å². The monoisotopic (exact) mass is 603 g/mol. The Balaban J connectivity index is 1.16. The highest BCUT2D eigenvalue weighted by Crippen LogP contribution is 2.52. The summed E-state index contributed by atoms with van der Waals surface area (Å²) >= 11 is 0. The molecule has 9 rings (SSSR count). The van der Waals surface area contributed by atoms with Crippen LogP contribution in [0.5, 0.6) is 0 Å². The molecule has 0 N–H and O–H groups in total. The van der Waals surface area contributed by atoms with Gasteiger partial charge in [-0.05, 0) is 99.1 Å². The summed E-state index contributed by atoms with van der Waals surface area (Å²) < 4.78 is 6.29. The summed E-state index contributed by atoms with van der Waals surface area (Å²) in [4.78, 5) is 2.42. The molecule has 224 valence electrons. The standard InChI is InChI=1S/C45H33NO/c1-45(2)39-15-9-10-16-41(39)46(36-22-17-32(18-23-36)30-11-5-3-6-12-30)42-24-19-35(29-40(42)45)34-21-26-44-38(28-34)37-27-33(20-25-43(37)47-44)31-13-7-4-8-14-31/h3-29H,1-2H3. The van der Waals surface area contributed by atoms with Crippen molar-refractivity contribution in [3.63, 3.8) is 0 Å². The van der Waals surface area contributed by atoms with Gasteiger partial charge in [-0.25, -0.2) is 0 Å². The van der Waals surface area contributed by atoms with Crippen molar-refractivity contribution in [1.82, 2.24) is 0 Å². The normalized spacial score (nSPS) is 13.4. The molecule has 0 saturated carbocycles. The Morgan fingerprint density at radius 3 is 1.53 bits per heavy atom. The third kappa shape index (κ3) is 4.48. The first-order chi connectivity index (χ1) is 23.0. The Labute approximate surface area is 275 Å². The molecule has 0 radical (unpaired) electrons. The molecule has 0 aliphatic carbocycles. The van der Waals surface area contributed by atoms with Crippen LogP contribution in [0.2, 0.25) is 0 Å². The van der Waals surface area contributed by atoms with E-state index in [-0.39, 0.29) is 5.41 Å². The van der Waals surface area contributed by atoms with Crippen molar-refractivity contribution in [2.45, 2.75) is 19.3 Å². The summed E-state index contributed by atoms with van der Waals surface area (Å²) in [6, 6.07) is 59.0. The maximum Gasteiger partial charge on any atom is 0.135 e. The van der Waals surface area contributed by atoms with E-state index in [1.165, 1.54) is 55.9 Å². The second kappa shape index (κ2) is 10.6. The smallest absolute Gasteiger partial charge is 0.135 e. The SMILES string of the molecule is CC1(C)c2ccccc2N(c2ccc(-c3ccccc3)cc2)c2ccc(-c3ccc4oc5ccc(-c6ccccc6)cc5c4c3)cc21. The topological polar surface area (TPSA) is 16.4 Å². The van der Waals surface area contributed by atoms with E-state index in [9.17, 15) is 0 Å². The molecule has 0 atom stereocenters. The molecule has 0 spiro atoms. The molecular formula is C45H33NO. The van der Waals surface area contributed by atoms with Crippen molar-refractivity contribution >= 4 is 39.0 Å². The fourth-order valence-electron chi connectivity index (χ4n) is 7.36. The Morgan fingerprint density at radius 1 is 0.404 bits per heavy atom. The summed E-state index contributed by atoms with van der Waals surface area (Å²) in [6.45, 7) is 4.70. The quantitative estimate of drug-likeness (QED) is 0.199. The van der Waals surface area contributed by atoms with Crippen LogP contribution in [0.15, 0.2) is 168 Å². The molecule has 1 aliphatic rings.